The van der Waals surface area contributed by atoms with Crippen molar-refractivity contribution in [3.05, 3.63) is 0 Å². The second-order valence-corrected chi connectivity index (χ2v) is 7.47. The van der Waals surface area contributed by atoms with Crippen molar-refractivity contribution in [2.45, 2.75) is 58.5 Å². The van der Waals surface area contributed by atoms with Crippen LogP contribution in [0.25, 0.3) is 0 Å². The topological polar surface area (TPSA) is 18.5 Å². The van der Waals surface area contributed by atoms with Crippen LogP contribution >= 0.6 is 0 Å². The van der Waals surface area contributed by atoms with Crippen LogP contribution in [0.5, 0.6) is 0 Å². The van der Waals surface area contributed by atoms with Gasteiger partial charge in [0.25, 0.3) is 0 Å². The van der Waals surface area contributed by atoms with Crippen LogP contribution < -0.4 is 5.32 Å². The summed E-state index contributed by atoms with van der Waals surface area (Å²) < 4.78 is 0. The normalized spacial score (nSPS) is 30.3. The average Bonchev–Trinajstić information content (AvgIpc) is 2.95. The first-order valence-corrected chi connectivity index (χ1v) is 8.19. The summed E-state index contributed by atoms with van der Waals surface area (Å²) >= 11 is 0. The number of rotatable bonds is 5. The predicted octanol–water partition coefficient (Wildman–Crippen LogP) is 2.18. The highest BCUT2D eigenvalue weighted by atomic mass is 15.2. The minimum absolute atomic E-state index is 0.262. The van der Waals surface area contributed by atoms with Gasteiger partial charge in [-0.1, -0.05) is 6.92 Å². The van der Waals surface area contributed by atoms with Crippen molar-refractivity contribution in [2.24, 2.45) is 5.92 Å². The Bertz CT molecular complexity index is 272. The second kappa shape index (κ2) is 6.55. The van der Waals surface area contributed by atoms with Gasteiger partial charge >= 0.3 is 0 Å². The van der Waals surface area contributed by atoms with Crippen LogP contribution in [0.4, 0.5) is 0 Å². The van der Waals surface area contributed by atoms with Gasteiger partial charge in [0.15, 0.2) is 0 Å². The predicted molar refractivity (Wildman–Crippen MR) is 82.6 cm³/mol. The van der Waals surface area contributed by atoms with Gasteiger partial charge in [0.05, 0.1) is 0 Å². The number of nitrogens with one attached hydrogen (secondary N) is 1. The maximum atomic E-state index is 3.66. The van der Waals surface area contributed by atoms with E-state index in [0.717, 1.165) is 12.0 Å². The molecule has 0 aliphatic carbocycles. The third kappa shape index (κ3) is 4.73. The van der Waals surface area contributed by atoms with E-state index in [9.17, 15) is 0 Å². The van der Waals surface area contributed by atoms with Gasteiger partial charge in [0.1, 0.15) is 0 Å². The molecule has 0 aromatic rings. The quantitative estimate of drug-likeness (QED) is 0.824. The summed E-state index contributed by atoms with van der Waals surface area (Å²) in [5.74, 6) is 0.857. The molecule has 0 radical (unpaired) electrons. The van der Waals surface area contributed by atoms with Crippen molar-refractivity contribution < 1.29 is 0 Å². The molecule has 2 atom stereocenters. The Hall–Kier alpha value is -0.120. The molecule has 0 amide bonds. The zero-order valence-electron chi connectivity index (χ0n) is 13.4. The molecule has 112 valence electrons. The fraction of sp³-hybridized carbons (Fsp3) is 1.00. The minimum atomic E-state index is 0.262. The first-order valence-electron chi connectivity index (χ1n) is 8.19. The Labute approximate surface area is 119 Å². The summed E-state index contributed by atoms with van der Waals surface area (Å²) in [4.78, 5) is 5.37. The molecular weight excluding hydrogens is 234 g/mol. The van der Waals surface area contributed by atoms with Crippen molar-refractivity contribution >= 4 is 0 Å². The monoisotopic (exact) mass is 267 g/mol. The molecule has 3 nitrogen and oxygen atoms in total. The Morgan fingerprint density at radius 3 is 2.63 bits per heavy atom. The number of likely N-dealkylation sites (N-methyl/N-ethyl adjacent to an activating group) is 1. The third-order valence-corrected chi connectivity index (χ3v) is 4.67. The third-order valence-electron chi connectivity index (χ3n) is 4.67. The number of hydrogen-bond donors (Lipinski definition) is 1. The van der Waals surface area contributed by atoms with E-state index in [4.69, 9.17) is 0 Å². The largest absolute Gasteiger partial charge is 0.312 e. The molecule has 2 aliphatic rings. The molecule has 2 fully saturated rings. The van der Waals surface area contributed by atoms with Gasteiger partial charge in [0, 0.05) is 24.7 Å². The van der Waals surface area contributed by atoms with Gasteiger partial charge in [-0.3, -0.25) is 4.90 Å². The molecule has 2 saturated heterocycles. The fourth-order valence-electron chi connectivity index (χ4n) is 3.51. The van der Waals surface area contributed by atoms with Crippen LogP contribution in [-0.4, -0.2) is 60.6 Å². The van der Waals surface area contributed by atoms with E-state index in [1.54, 1.807) is 0 Å². The summed E-state index contributed by atoms with van der Waals surface area (Å²) in [6, 6.07) is 0.833. The lowest BCUT2D eigenvalue weighted by molar-refractivity contribution is 0.194. The standard InChI is InChI=1S/C16H33N3/c1-5-19-9-6-7-15(19)13-18-10-8-14(12-18)11-17-16(2,3)4/h14-15,17H,5-13H2,1-4H3. The zero-order valence-corrected chi connectivity index (χ0v) is 13.4. The summed E-state index contributed by atoms with van der Waals surface area (Å²) in [5.41, 5.74) is 0.262. The second-order valence-electron chi connectivity index (χ2n) is 7.47. The maximum absolute atomic E-state index is 3.66. The fourth-order valence-corrected chi connectivity index (χ4v) is 3.51. The molecule has 0 spiro atoms. The summed E-state index contributed by atoms with van der Waals surface area (Å²) in [6.07, 6.45) is 4.19. The molecule has 0 aromatic carbocycles. The molecule has 2 rings (SSSR count). The molecule has 3 heteroatoms. The van der Waals surface area contributed by atoms with Crippen molar-refractivity contribution in [2.75, 3.05) is 39.3 Å². The van der Waals surface area contributed by atoms with E-state index in [0.29, 0.717) is 0 Å². The van der Waals surface area contributed by atoms with Gasteiger partial charge in [-0.15, -0.1) is 0 Å². The van der Waals surface area contributed by atoms with Gasteiger partial charge in [-0.05, 0) is 72.1 Å². The molecule has 0 saturated carbocycles. The lowest BCUT2D eigenvalue weighted by Crippen LogP contribution is -2.41. The first kappa shape index (κ1) is 15.3. The van der Waals surface area contributed by atoms with Crippen molar-refractivity contribution in [3.63, 3.8) is 0 Å². The number of nitrogens with zero attached hydrogens (tertiary/aromatic N) is 2. The Balaban J connectivity index is 1.70. The van der Waals surface area contributed by atoms with Crippen LogP contribution in [0, 0.1) is 5.92 Å². The van der Waals surface area contributed by atoms with E-state index in [2.05, 4.69) is 42.8 Å². The molecule has 0 aromatic heterocycles. The van der Waals surface area contributed by atoms with E-state index < -0.39 is 0 Å². The Morgan fingerprint density at radius 2 is 1.95 bits per heavy atom. The van der Waals surface area contributed by atoms with Crippen molar-refractivity contribution in [1.82, 2.24) is 15.1 Å². The first-order chi connectivity index (χ1) is 8.98. The van der Waals surface area contributed by atoms with Gasteiger partial charge in [-0.25, -0.2) is 0 Å². The molecule has 2 aliphatic heterocycles. The Kier molecular flexibility index (Phi) is 5.27. The van der Waals surface area contributed by atoms with Gasteiger partial charge in [0.2, 0.25) is 0 Å². The summed E-state index contributed by atoms with van der Waals surface area (Å²) in [5, 5.41) is 3.66. The lowest BCUT2D eigenvalue weighted by atomic mass is 10.1. The average molecular weight is 267 g/mol. The Morgan fingerprint density at radius 1 is 1.16 bits per heavy atom. The van der Waals surface area contributed by atoms with E-state index in [1.165, 1.54) is 58.5 Å². The van der Waals surface area contributed by atoms with Crippen LogP contribution in [0.1, 0.15) is 47.0 Å². The number of hydrogen-bond acceptors (Lipinski definition) is 3. The van der Waals surface area contributed by atoms with Crippen molar-refractivity contribution in [3.8, 4) is 0 Å². The van der Waals surface area contributed by atoms with Crippen LogP contribution in [-0.2, 0) is 0 Å². The molecule has 19 heavy (non-hydrogen) atoms. The van der Waals surface area contributed by atoms with Crippen LogP contribution in [0.3, 0.4) is 0 Å². The number of likely N-dealkylation sites (tertiary alicyclic amines) is 2. The maximum Gasteiger partial charge on any atom is 0.0223 e. The zero-order chi connectivity index (χ0) is 13.9. The SMILES string of the molecule is CCN1CCCC1CN1CCC(CNC(C)(C)C)C1. The molecule has 1 N–H and O–H groups in total. The highest BCUT2D eigenvalue weighted by Crippen LogP contribution is 2.22. The van der Waals surface area contributed by atoms with E-state index in [-0.39, 0.29) is 5.54 Å². The van der Waals surface area contributed by atoms with E-state index in [1.807, 2.05) is 0 Å². The molecule has 0 bridgehead atoms. The van der Waals surface area contributed by atoms with Crippen molar-refractivity contribution in [1.29, 1.82) is 0 Å². The smallest absolute Gasteiger partial charge is 0.0223 e. The minimum Gasteiger partial charge on any atom is -0.312 e. The van der Waals surface area contributed by atoms with Crippen LogP contribution in [0.15, 0.2) is 0 Å². The lowest BCUT2D eigenvalue weighted by Gasteiger charge is -2.28. The van der Waals surface area contributed by atoms with E-state index >= 15 is 0 Å². The van der Waals surface area contributed by atoms with Gasteiger partial charge in [-0.2, -0.15) is 0 Å². The molecular formula is C16H33N3. The van der Waals surface area contributed by atoms with Crippen LogP contribution in [0.2, 0.25) is 0 Å². The molecule has 2 unspecified atom stereocenters. The highest BCUT2D eigenvalue weighted by Gasteiger charge is 2.29. The summed E-state index contributed by atoms with van der Waals surface area (Å²) in [7, 11) is 0. The summed E-state index contributed by atoms with van der Waals surface area (Å²) in [6.45, 7) is 16.7. The molecule has 2 heterocycles. The van der Waals surface area contributed by atoms with Gasteiger partial charge < -0.3 is 10.2 Å². The highest BCUT2D eigenvalue weighted by molar-refractivity contribution is 4.86.